The molecule has 56 heavy (non-hydrogen) atoms. The van der Waals surface area contributed by atoms with E-state index in [1.54, 1.807) is 0 Å². The molecule has 0 aliphatic rings. The number of unbranched alkanes of at least 4 members (excludes halogenated alkanes) is 12. The molecule has 0 aliphatic heterocycles. The molecule has 4 N–H and O–H groups in total. The first-order valence-corrected chi connectivity index (χ1v) is 22.8. The average molecular weight is 813 g/mol. The van der Waals surface area contributed by atoms with E-state index in [4.69, 9.17) is 19.1 Å². The van der Waals surface area contributed by atoms with Crippen LogP contribution in [0.15, 0.2) is 60.8 Å². The van der Waals surface area contributed by atoms with Crippen molar-refractivity contribution < 1.29 is 52.9 Å². The Hall–Kier alpha value is -2.37. The third-order valence-corrected chi connectivity index (χ3v) is 9.76. The van der Waals surface area contributed by atoms with Gasteiger partial charge in [0.25, 0.3) is 0 Å². The topological polar surface area (TPSA) is 169 Å². The van der Waals surface area contributed by atoms with Crippen molar-refractivity contribution in [2.45, 2.75) is 180 Å². The molecule has 0 fully saturated rings. The number of rotatable bonds is 39. The summed E-state index contributed by atoms with van der Waals surface area (Å²) >= 11 is 0. The number of hydrogen-bond donors (Lipinski definition) is 4. The van der Waals surface area contributed by atoms with Crippen molar-refractivity contribution in [3.8, 4) is 0 Å². The van der Waals surface area contributed by atoms with Crippen LogP contribution in [0, 0.1) is 0 Å². The summed E-state index contributed by atoms with van der Waals surface area (Å²) in [7, 11) is -4.64. The third kappa shape index (κ3) is 38.5. The van der Waals surface area contributed by atoms with Gasteiger partial charge in [-0.3, -0.25) is 18.6 Å². The molecule has 0 rings (SSSR count). The highest BCUT2D eigenvalue weighted by Gasteiger charge is 2.27. The first-order valence-electron chi connectivity index (χ1n) is 21.3. The van der Waals surface area contributed by atoms with Gasteiger partial charge < -0.3 is 29.7 Å². The molecule has 0 saturated carbocycles. The van der Waals surface area contributed by atoms with Crippen LogP contribution in [0.25, 0.3) is 0 Å². The second kappa shape index (κ2) is 39.5. The number of aliphatic hydroxyl groups is 3. The molecule has 1 unspecified atom stereocenters. The Morgan fingerprint density at radius 1 is 0.571 bits per heavy atom. The number of allylic oxidation sites excluding steroid dienone is 10. The van der Waals surface area contributed by atoms with Gasteiger partial charge in [0.2, 0.25) is 0 Å². The summed E-state index contributed by atoms with van der Waals surface area (Å²) in [6, 6.07) is 0. The van der Waals surface area contributed by atoms with E-state index in [1.165, 1.54) is 44.9 Å². The van der Waals surface area contributed by atoms with Crippen LogP contribution < -0.4 is 0 Å². The lowest BCUT2D eigenvalue weighted by molar-refractivity contribution is -0.161. The summed E-state index contributed by atoms with van der Waals surface area (Å²) < 4.78 is 32.6. The number of phosphoric acid groups is 1. The predicted octanol–water partition coefficient (Wildman–Crippen LogP) is 10.1. The number of hydrogen-bond acceptors (Lipinski definition) is 10. The molecule has 324 valence electrons. The minimum atomic E-state index is -4.64. The molecule has 0 aliphatic carbocycles. The molecule has 0 bridgehead atoms. The van der Waals surface area contributed by atoms with E-state index < -0.39 is 51.8 Å². The van der Waals surface area contributed by atoms with Crippen LogP contribution in [0.5, 0.6) is 0 Å². The molecular formula is C44H77O11P. The van der Waals surface area contributed by atoms with E-state index in [9.17, 15) is 29.3 Å². The summed E-state index contributed by atoms with van der Waals surface area (Å²) in [5.41, 5.74) is 0. The lowest BCUT2D eigenvalue weighted by Gasteiger charge is -2.20. The summed E-state index contributed by atoms with van der Waals surface area (Å²) in [5.74, 6) is -1.02. The smallest absolute Gasteiger partial charge is 0.462 e. The zero-order valence-electron chi connectivity index (χ0n) is 34.7. The van der Waals surface area contributed by atoms with Gasteiger partial charge in [0, 0.05) is 12.8 Å². The van der Waals surface area contributed by atoms with Gasteiger partial charge in [-0.05, 0) is 83.5 Å². The Morgan fingerprint density at radius 2 is 1.05 bits per heavy atom. The highest BCUT2D eigenvalue weighted by Crippen LogP contribution is 2.43. The van der Waals surface area contributed by atoms with E-state index in [1.807, 2.05) is 19.1 Å². The molecular weight excluding hydrogens is 735 g/mol. The zero-order valence-corrected chi connectivity index (χ0v) is 35.6. The van der Waals surface area contributed by atoms with Crippen molar-refractivity contribution in [3.63, 3.8) is 0 Å². The first kappa shape index (κ1) is 53.6. The minimum absolute atomic E-state index is 0.149. The predicted molar refractivity (Wildman–Crippen MR) is 225 cm³/mol. The highest BCUT2D eigenvalue weighted by atomic mass is 31.2. The Labute approximate surface area is 338 Å². The standard InChI is InChI=1S/C44H77O11P/c1-3-5-6-7-8-9-10-11-12-17-20-23-26-29-32-35-44(49)55-42(39-54-56(50,51)53-37-41(47)36-45)38-52-43(48)34-31-28-25-22-19-16-14-13-15-18-21-24-27-30-33-40(46)4-2/h9-10,14-16,18,22,24-25,27,40-42,45-47H,3-8,11-13,17,19-21,23,26,28-39H2,1-2H3,(H,50,51)/b10-9-,16-14-,18-15-,25-22-,27-24-/t40-,41-,42+/m0/s1. The van der Waals surface area contributed by atoms with Gasteiger partial charge in [0.05, 0.1) is 25.9 Å². The summed E-state index contributed by atoms with van der Waals surface area (Å²) in [4.78, 5) is 34.9. The summed E-state index contributed by atoms with van der Waals surface area (Å²) in [5, 5.41) is 27.9. The molecule has 0 amide bonds. The molecule has 0 aromatic carbocycles. The Balaban J connectivity index is 4.42. The van der Waals surface area contributed by atoms with Gasteiger partial charge in [0.15, 0.2) is 6.10 Å². The van der Waals surface area contributed by atoms with E-state index in [0.717, 1.165) is 70.6 Å². The number of ether oxygens (including phenoxy) is 2. The molecule has 0 radical (unpaired) electrons. The van der Waals surface area contributed by atoms with Gasteiger partial charge in [-0.25, -0.2) is 4.57 Å². The van der Waals surface area contributed by atoms with Crippen molar-refractivity contribution in [3.05, 3.63) is 60.8 Å². The fraction of sp³-hybridized carbons (Fsp3) is 0.727. The van der Waals surface area contributed by atoms with E-state index >= 15 is 0 Å². The van der Waals surface area contributed by atoms with Crippen molar-refractivity contribution >= 4 is 19.8 Å². The molecule has 0 heterocycles. The van der Waals surface area contributed by atoms with Crippen molar-refractivity contribution in [1.82, 2.24) is 0 Å². The Morgan fingerprint density at radius 3 is 1.64 bits per heavy atom. The van der Waals surface area contributed by atoms with Gasteiger partial charge >= 0.3 is 19.8 Å². The van der Waals surface area contributed by atoms with Crippen LogP contribution in [0.3, 0.4) is 0 Å². The maximum absolute atomic E-state index is 12.6. The molecule has 4 atom stereocenters. The van der Waals surface area contributed by atoms with Crippen LogP contribution in [0.1, 0.15) is 162 Å². The van der Waals surface area contributed by atoms with Crippen molar-refractivity contribution in [2.24, 2.45) is 0 Å². The lowest BCUT2D eigenvalue weighted by atomic mass is 10.1. The molecule has 12 heteroatoms. The number of esters is 2. The van der Waals surface area contributed by atoms with Crippen molar-refractivity contribution in [2.75, 3.05) is 26.4 Å². The van der Waals surface area contributed by atoms with Crippen LogP contribution in [0.2, 0.25) is 0 Å². The first-order chi connectivity index (χ1) is 27.1. The van der Waals surface area contributed by atoms with Crippen LogP contribution in [-0.2, 0) is 32.7 Å². The summed E-state index contributed by atoms with van der Waals surface area (Å²) in [6.07, 6.45) is 39.9. The maximum Gasteiger partial charge on any atom is 0.472 e. The van der Waals surface area contributed by atoms with Gasteiger partial charge in [0.1, 0.15) is 12.7 Å². The Kier molecular flexibility index (Phi) is 37.8. The number of carbonyl (C=O) groups excluding carboxylic acids is 2. The number of phosphoric ester groups is 1. The fourth-order valence-electron chi connectivity index (χ4n) is 5.31. The lowest BCUT2D eigenvalue weighted by Crippen LogP contribution is -2.29. The molecule has 11 nitrogen and oxygen atoms in total. The van der Waals surface area contributed by atoms with Gasteiger partial charge in [-0.2, -0.15) is 0 Å². The highest BCUT2D eigenvalue weighted by molar-refractivity contribution is 7.47. The van der Waals surface area contributed by atoms with E-state index in [-0.39, 0.29) is 25.6 Å². The zero-order chi connectivity index (χ0) is 41.4. The average Bonchev–Trinajstić information content (AvgIpc) is 3.19. The second-order valence-electron chi connectivity index (χ2n) is 14.2. The van der Waals surface area contributed by atoms with Gasteiger partial charge in [-0.1, -0.05) is 126 Å². The normalized spacial score (nSPS) is 15.0. The largest absolute Gasteiger partial charge is 0.472 e. The molecule has 0 saturated heterocycles. The summed E-state index contributed by atoms with van der Waals surface area (Å²) in [6.45, 7) is 2.00. The van der Waals surface area contributed by atoms with Crippen molar-refractivity contribution in [1.29, 1.82) is 0 Å². The minimum Gasteiger partial charge on any atom is -0.462 e. The molecule has 0 aromatic rings. The quantitative estimate of drug-likeness (QED) is 0.0202. The van der Waals surface area contributed by atoms with Crippen LogP contribution in [-0.4, -0.2) is 76.9 Å². The van der Waals surface area contributed by atoms with Crippen LogP contribution >= 0.6 is 7.82 Å². The van der Waals surface area contributed by atoms with E-state index in [0.29, 0.717) is 19.3 Å². The fourth-order valence-corrected chi connectivity index (χ4v) is 6.10. The van der Waals surface area contributed by atoms with Gasteiger partial charge in [-0.15, -0.1) is 0 Å². The molecule has 0 aromatic heterocycles. The number of carbonyl (C=O) groups is 2. The van der Waals surface area contributed by atoms with E-state index in [2.05, 4.69) is 60.1 Å². The molecule has 0 spiro atoms. The second-order valence-corrected chi connectivity index (χ2v) is 15.6. The van der Waals surface area contributed by atoms with Crippen LogP contribution in [0.4, 0.5) is 0 Å². The SMILES string of the molecule is CCCCCC/C=C\CCCCCCCCCC(=O)O[C@H](COC(=O)CCC/C=C\C/C=C\C/C=C\C/C=C\CC[C@@H](O)CC)COP(=O)(O)OC[C@@H](O)CO. The number of aliphatic hydroxyl groups excluding tert-OH is 3. The third-order valence-electron chi connectivity index (χ3n) is 8.81. The monoisotopic (exact) mass is 813 g/mol. The maximum atomic E-state index is 12.6. The Bertz CT molecular complexity index is 1130.